The molecule has 0 atom stereocenters. The smallest absolute Gasteiger partial charge is 0.312 e. The molecule has 0 unspecified atom stereocenters. The minimum atomic E-state index is -0.563. The topological polar surface area (TPSA) is 94.1 Å². The van der Waals surface area contributed by atoms with E-state index < -0.39 is 4.92 Å². The summed E-state index contributed by atoms with van der Waals surface area (Å²) in [6.07, 6.45) is 2.54. The average molecular weight is 233 g/mol. The lowest BCUT2D eigenvalue weighted by Gasteiger charge is -2.01. The predicted octanol–water partition coefficient (Wildman–Crippen LogP) is 1.04. The second-order valence-corrected chi connectivity index (χ2v) is 2.77. The zero-order valence-corrected chi connectivity index (χ0v) is 7.41. The Morgan fingerprint density at radius 2 is 2.33 bits per heavy atom. The maximum Gasteiger partial charge on any atom is 0.312 e. The van der Waals surface area contributed by atoms with E-state index in [2.05, 4.69) is 26.3 Å². The number of hydrogen-bond donors (Lipinski definition) is 2. The van der Waals surface area contributed by atoms with Gasteiger partial charge in [-0.3, -0.25) is 20.9 Å². The second-order valence-electron chi connectivity index (χ2n) is 1.92. The number of hydrogen-bond acceptors (Lipinski definition) is 5. The van der Waals surface area contributed by atoms with Crippen molar-refractivity contribution in [1.29, 1.82) is 0 Å². The third kappa shape index (κ3) is 1.51. The summed E-state index contributed by atoms with van der Waals surface area (Å²) in [4.78, 5) is 13.4. The van der Waals surface area contributed by atoms with E-state index >= 15 is 0 Å². The molecule has 0 bridgehead atoms. The molecule has 0 saturated carbocycles. The van der Waals surface area contributed by atoms with Crippen molar-refractivity contribution in [3.8, 4) is 0 Å². The van der Waals surface area contributed by atoms with Crippen molar-refractivity contribution in [2.75, 3.05) is 5.43 Å². The van der Waals surface area contributed by atoms with Crippen LogP contribution in [0.5, 0.6) is 0 Å². The molecule has 0 fully saturated rings. The molecule has 1 rings (SSSR count). The molecule has 7 heteroatoms. The monoisotopic (exact) mass is 232 g/mol. The fourth-order valence-corrected chi connectivity index (χ4v) is 1.14. The number of nitrogen functional groups attached to an aromatic ring is 1. The van der Waals surface area contributed by atoms with Crippen LogP contribution in [-0.2, 0) is 0 Å². The summed E-state index contributed by atoms with van der Waals surface area (Å²) in [6.45, 7) is 0. The van der Waals surface area contributed by atoms with Crippen LogP contribution in [0.2, 0.25) is 0 Å². The molecule has 0 aliphatic carbocycles. The summed E-state index contributed by atoms with van der Waals surface area (Å²) >= 11 is 3.07. The molecule has 1 aromatic heterocycles. The lowest BCUT2D eigenvalue weighted by Crippen LogP contribution is -2.09. The maximum atomic E-state index is 10.4. The number of rotatable bonds is 2. The van der Waals surface area contributed by atoms with Crippen LogP contribution in [0.15, 0.2) is 16.9 Å². The fourth-order valence-electron chi connectivity index (χ4n) is 0.706. The largest absolute Gasteiger partial charge is 0.317 e. The molecule has 6 nitrogen and oxygen atoms in total. The van der Waals surface area contributed by atoms with Crippen molar-refractivity contribution in [1.82, 2.24) is 4.98 Å². The Hall–Kier alpha value is -1.21. The van der Waals surface area contributed by atoms with Gasteiger partial charge >= 0.3 is 5.69 Å². The van der Waals surface area contributed by atoms with Crippen LogP contribution in [0.1, 0.15) is 0 Å². The Kier molecular flexibility index (Phi) is 2.56. The van der Waals surface area contributed by atoms with Gasteiger partial charge in [0.25, 0.3) is 0 Å². The average Bonchev–Trinajstić information content (AvgIpc) is 2.03. The van der Waals surface area contributed by atoms with Gasteiger partial charge in [0.2, 0.25) is 0 Å². The third-order valence-electron chi connectivity index (χ3n) is 1.22. The number of aromatic nitrogens is 1. The van der Waals surface area contributed by atoms with Crippen molar-refractivity contribution in [3.63, 3.8) is 0 Å². The van der Waals surface area contributed by atoms with Crippen LogP contribution in [0.4, 0.5) is 11.4 Å². The number of hydrazine groups is 1. The second kappa shape index (κ2) is 3.46. The first-order valence-electron chi connectivity index (χ1n) is 2.91. The highest BCUT2D eigenvalue weighted by Crippen LogP contribution is 2.29. The van der Waals surface area contributed by atoms with Gasteiger partial charge in [-0.15, -0.1) is 0 Å². The van der Waals surface area contributed by atoms with E-state index in [9.17, 15) is 10.1 Å². The van der Waals surface area contributed by atoms with Gasteiger partial charge in [0.05, 0.1) is 9.40 Å². The number of anilines is 1. The van der Waals surface area contributed by atoms with E-state index in [1.165, 1.54) is 6.20 Å². The highest BCUT2D eigenvalue weighted by atomic mass is 79.9. The first-order valence-corrected chi connectivity index (χ1v) is 3.70. The van der Waals surface area contributed by atoms with E-state index in [1.54, 1.807) is 0 Å². The normalized spacial score (nSPS) is 9.50. The van der Waals surface area contributed by atoms with Gasteiger partial charge in [-0.05, 0) is 15.9 Å². The van der Waals surface area contributed by atoms with Crippen molar-refractivity contribution in [2.45, 2.75) is 0 Å². The maximum absolute atomic E-state index is 10.4. The Labute approximate surface area is 76.0 Å². The Bertz CT molecular complexity index is 316. The van der Waals surface area contributed by atoms with Crippen molar-refractivity contribution in [2.24, 2.45) is 5.84 Å². The molecule has 64 valence electrons. The summed E-state index contributed by atoms with van der Waals surface area (Å²) in [5, 5.41) is 10.4. The zero-order valence-electron chi connectivity index (χ0n) is 5.82. The molecular weight excluding hydrogens is 228 g/mol. The van der Waals surface area contributed by atoms with Crippen LogP contribution in [0.25, 0.3) is 0 Å². The van der Waals surface area contributed by atoms with Crippen LogP contribution in [0, 0.1) is 10.1 Å². The molecule has 0 radical (unpaired) electrons. The number of nitrogens with two attached hydrogens (primary N) is 1. The Morgan fingerprint density at radius 3 is 2.75 bits per heavy atom. The highest BCUT2D eigenvalue weighted by Gasteiger charge is 2.15. The summed E-state index contributed by atoms with van der Waals surface area (Å²) in [6, 6.07) is 0. The predicted molar refractivity (Wildman–Crippen MR) is 46.4 cm³/mol. The van der Waals surface area contributed by atoms with E-state index in [1.807, 2.05) is 0 Å². The van der Waals surface area contributed by atoms with Gasteiger partial charge < -0.3 is 5.43 Å². The summed E-state index contributed by atoms with van der Waals surface area (Å²) in [5.41, 5.74) is 2.27. The van der Waals surface area contributed by atoms with E-state index in [4.69, 9.17) is 5.84 Å². The number of nitro groups is 1. The molecule has 1 heterocycles. The fraction of sp³-hybridized carbons (Fsp3) is 0. The van der Waals surface area contributed by atoms with Gasteiger partial charge in [0.15, 0.2) is 0 Å². The lowest BCUT2D eigenvalue weighted by atomic mass is 10.4. The molecule has 0 aromatic carbocycles. The number of halogens is 1. The molecule has 0 amide bonds. The van der Waals surface area contributed by atoms with Crippen molar-refractivity contribution < 1.29 is 4.92 Å². The van der Waals surface area contributed by atoms with Gasteiger partial charge in [0, 0.05) is 6.20 Å². The minimum absolute atomic E-state index is 0.160. The molecule has 0 aliphatic heterocycles. The summed E-state index contributed by atoms with van der Waals surface area (Å²) in [5.74, 6) is 5.08. The highest BCUT2D eigenvalue weighted by molar-refractivity contribution is 9.10. The minimum Gasteiger partial charge on any atom is -0.317 e. The van der Waals surface area contributed by atoms with E-state index in [-0.39, 0.29) is 11.4 Å². The Morgan fingerprint density at radius 1 is 1.67 bits per heavy atom. The van der Waals surface area contributed by atoms with Crippen molar-refractivity contribution >= 4 is 27.3 Å². The molecule has 3 N–H and O–H groups in total. The third-order valence-corrected chi connectivity index (χ3v) is 1.82. The molecule has 12 heavy (non-hydrogen) atoms. The molecular formula is C5H5BrN4O2. The zero-order chi connectivity index (χ0) is 9.14. The Balaban J connectivity index is 3.27. The quantitative estimate of drug-likeness (QED) is 0.452. The van der Waals surface area contributed by atoms with Crippen LogP contribution in [0.3, 0.4) is 0 Å². The SMILES string of the molecule is NNc1c(Br)cncc1[N+](=O)[O-]. The van der Waals surface area contributed by atoms with Crippen LogP contribution in [-0.4, -0.2) is 9.91 Å². The number of nitrogens with one attached hydrogen (secondary N) is 1. The molecule has 0 aliphatic rings. The number of pyridine rings is 1. The van der Waals surface area contributed by atoms with Gasteiger partial charge in [0.1, 0.15) is 11.9 Å². The summed E-state index contributed by atoms with van der Waals surface area (Å²) in [7, 11) is 0. The van der Waals surface area contributed by atoms with E-state index in [0.29, 0.717) is 4.47 Å². The summed E-state index contributed by atoms with van der Waals surface area (Å²) < 4.78 is 0.458. The van der Waals surface area contributed by atoms with Gasteiger partial charge in [-0.25, -0.2) is 0 Å². The molecule has 0 spiro atoms. The molecule has 1 aromatic rings. The number of nitrogens with zero attached hydrogens (tertiary/aromatic N) is 2. The first-order chi connectivity index (χ1) is 5.66. The van der Waals surface area contributed by atoms with Gasteiger partial charge in [-0.1, -0.05) is 0 Å². The van der Waals surface area contributed by atoms with Gasteiger partial charge in [-0.2, -0.15) is 0 Å². The van der Waals surface area contributed by atoms with Crippen LogP contribution >= 0.6 is 15.9 Å². The first kappa shape index (κ1) is 8.88. The van der Waals surface area contributed by atoms with E-state index in [0.717, 1.165) is 6.20 Å². The molecule has 0 saturated heterocycles. The van der Waals surface area contributed by atoms with Crippen molar-refractivity contribution in [3.05, 3.63) is 27.0 Å². The lowest BCUT2D eigenvalue weighted by molar-refractivity contribution is -0.384. The van der Waals surface area contributed by atoms with Crippen LogP contribution < -0.4 is 11.3 Å². The standard InChI is InChI=1S/C5H5BrN4O2/c6-3-1-8-2-4(10(11)12)5(3)9-7/h1-2H,7H2,(H,8,9).